The number of hydrogen-bond donors (Lipinski definition) is 2. The van der Waals surface area contributed by atoms with Crippen LogP contribution in [0.2, 0.25) is 0 Å². The summed E-state index contributed by atoms with van der Waals surface area (Å²) in [5.41, 5.74) is 3.17. The van der Waals surface area contributed by atoms with E-state index in [9.17, 15) is 20.0 Å². The van der Waals surface area contributed by atoms with Gasteiger partial charge in [-0.25, -0.2) is 4.79 Å². The van der Waals surface area contributed by atoms with E-state index in [-0.39, 0.29) is 22.7 Å². The Kier molecular flexibility index (Phi) is 7.96. The Balaban J connectivity index is 2.25. The minimum absolute atomic E-state index is 0.0593. The van der Waals surface area contributed by atoms with Gasteiger partial charge in [-0.1, -0.05) is 31.9 Å². The molecule has 29 heavy (non-hydrogen) atoms. The molecule has 0 aromatic heterocycles. The summed E-state index contributed by atoms with van der Waals surface area (Å²) in [5, 5.41) is 24.7. The zero-order valence-corrected chi connectivity index (χ0v) is 16.3. The number of para-hydroxylation sites is 1. The zero-order chi connectivity index (χ0) is 21.2. The number of rotatable bonds is 11. The molecule has 0 fully saturated rings. The van der Waals surface area contributed by atoms with Gasteiger partial charge >= 0.3 is 11.7 Å². The third kappa shape index (κ3) is 5.93. The van der Waals surface area contributed by atoms with Crippen molar-refractivity contribution in [3.63, 3.8) is 0 Å². The summed E-state index contributed by atoms with van der Waals surface area (Å²) in [5.74, 6) is -0.789. The van der Waals surface area contributed by atoms with Crippen LogP contribution in [0.5, 0.6) is 11.5 Å². The third-order valence-electron chi connectivity index (χ3n) is 4.02. The third-order valence-corrected chi connectivity index (χ3v) is 4.02. The predicted molar refractivity (Wildman–Crippen MR) is 109 cm³/mol. The van der Waals surface area contributed by atoms with Crippen LogP contribution in [0.3, 0.4) is 0 Å². The Morgan fingerprint density at radius 3 is 2.72 bits per heavy atom. The average Bonchev–Trinajstić information content (AvgIpc) is 2.71. The number of nitrogens with zero attached hydrogens (tertiary/aromatic N) is 2. The van der Waals surface area contributed by atoms with E-state index in [0.717, 1.165) is 19.3 Å². The molecule has 0 spiro atoms. The number of carboxylic acids is 1. The largest absolute Gasteiger partial charge is 0.493 e. The van der Waals surface area contributed by atoms with Gasteiger partial charge in [-0.05, 0) is 24.6 Å². The van der Waals surface area contributed by atoms with Crippen LogP contribution in [0, 0.1) is 10.1 Å². The summed E-state index contributed by atoms with van der Waals surface area (Å²) in [6.07, 6.45) is 4.10. The summed E-state index contributed by atoms with van der Waals surface area (Å²) in [4.78, 5) is 22.2. The minimum Gasteiger partial charge on any atom is -0.493 e. The highest BCUT2D eigenvalue weighted by Gasteiger charge is 2.22. The van der Waals surface area contributed by atoms with E-state index in [4.69, 9.17) is 9.47 Å². The molecule has 0 aliphatic carbocycles. The molecule has 0 aliphatic heterocycles. The van der Waals surface area contributed by atoms with Crippen LogP contribution in [-0.4, -0.2) is 35.9 Å². The molecular formula is C20H23N3O6. The fourth-order valence-corrected chi connectivity index (χ4v) is 2.58. The highest BCUT2D eigenvalue weighted by molar-refractivity contribution is 5.94. The number of nitro benzene ring substituents is 1. The van der Waals surface area contributed by atoms with E-state index >= 15 is 0 Å². The lowest BCUT2D eigenvalue weighted by Crippen LogP contribution is -2.04. The topological polar surface area (TPSA) is 123 Å². The fourth-order valence-electron chi connectivity index (χ4n) is 2.58. The fraction of sp³-hybridized carbons (Fsp3) is 0.300. The standard InChI is InChI=1S/C20H23N3O6/c1-3-4-7-10-29-19-17(23(26)27)11-14(12-18(19)28-2)13-21-22-16-9-6-5-8-15(16)20(24)25/h5-6,8-9,11-13,22H,3-4,7,10H2,1-2H3,(H,24,25). The molecule has 2 rings (SSSR count). The number of ether oxygens (including phenoxy) is 2. The number of unbranched alkanes of at least 4 members (excludes halogenated alkanes) is 2. The van der Waals surface area contributed by atoms with Crippen LogP contribution in [0.4, 0.5) is 11.4 Å². The van der Waals surface area contributed by atoms with Gasteiger partial charge in [-0.3, -0.25) is 15.5 Å². The minimum atomic E-state index is -1.09. The predicted octanol–water partition coefficient (Wildman–Crippen LogP) is 4.32. The summed E-state index contributed by atoms with van der Waals surface area (Å²) in [7, 11) is 1.40. The summed E-state index contributed by atoms with van der Waals surface area (Å²) in [6.45, 7) is 2.41. The van der Waals surface area contributed by atoms with Gasteiger partial charge in [-0.15, -0.1) is 0 Å². The van der Waals surface area contributed by atoms with Crippen LogP contribution < -0.4 is 14.9 Å². The first-order valence-corrected chi connectivity index (χ1v) is 9.08. The Morgan fingerprint density at radius 2 is 2.07 bits per heavy atom. The monoisotopic (exact) mass is 401 g/mol. The molecule has 2 aromatic carbocycles. The van der Waals surface area contributed by atoms with Gasteiger partial charge in [0.05, 0.1) is 36.1 Å². The quantitative estimate of drug-likeness (QED) is 0.249. The van der Waals surface area contributed by atoms with Crippen LogP contribution in [-0.2, 0) is 0 Å². The maximum atomic E-state index is 11.5. The second-order valence-electron chi connectivity index (χ2n) is 6.10. The molecule has 0 unspecified atom stereocenters. The van der Waals surface area contributed by atoms with Gasteiger partial charge in [0.25, 0.3) is 0 Å². The smallest absolute Gasteiger partial charge is 0.337 e. The van der Waals surface area contributed by atoms with Gasteiger partial charge < -0.3 is 14.6 Å². The van der Waals surface area contributed by atoms with Crippen LogP contribution >= 0.6 is 0 Å². The first-order chi connectivity index (χ1) is 14.0. The van der Waals surface area contributed by atoms with Crippen LogP contribution in [0.15, 0.2) is 41.5 Å². The van der Waals surface area contributed by atoms with Crippen molar-refractivity contribution in [2.24, 2.45) is 5.10 Å². The van der Waals surface area contributed by atoms with Crippen molar-refractivity contribution >= 4 is 23.6 Å². The normalized spacial score (nSPS) is 10.7. The van der Waals surface area contributed by atoms with Gasteiger partial charge in [0.1, 0.15) is 0 Å². The molecule has 0 radical (unpaired) electrons. The molecule has 9 heteroatoms. The van der Waals surface area contributed by atoms with Gasteiger partial charge in [0.15, 0.2) is 5.75 Å². The molecule has 0 amide bonds. The van der Waals surface area contributed by atoms with Crippen molar-refractivity contribution in [1.82, 2.24) is 0 Å². The van der Waals surface area contributed by atoms with Crippen LogP contribution in [0.25, 0.3) is 0 Å². The number of nitrogens with one attached hydrogen (secondary N) is 1. The Bertz CT molecular complexity index is 898. The number of carboxylic acid groups (broad SMARTS) is 1. The number of anilines is 1. The maximum absolute atomic E-state index is 11.5. The first-order valence-electron chi connectivity index (χ1n) is 9.08. The van der Waals surface area contributed by atoms with E-state index in [0.29, 0.717) is 17.9 Å². The maximum Gasteiger partial charge on any atom is 0.337 e. The van der Waals surface area contributed by atoms with Gasteiger partial charge in [0, 0.05) is 11.6 Å². The molecule has 2 N–H and O–H groups in total. The SMILES string of the molecule is CCCCCOc1c(OC)cc(C=NNc2ccccc2C(=O)O)cc1[N+](=O)[O-]. The highest BCUT2D eigenvalue weighted by Crippen LogP contribution is 2.38. The molecule has 0 saturated heterocycles. The van der Waals surface area contributed by atoms with E-state index < -0.39 is 10.9 Å². The number of benzene rings is 2. The zero-order valence-electron chi connectivity index (χ0n) is 16.3. The van der Waals surface area contributed by atoms with Crippen molar-refractivity contribution in [3.8, 4) is 11.5 Å². The lowest BCUT2D eigenvalue weighted by Gasteiger charge is -2.12. The van der Waals surface area contributed by atoms with Crippen molar-refractivity contribution < 1.29 is 24.3 Å². The Hall–Kier alpha value is -3.62. The number of hydrazone groups is 1. The number of methoxy groups -OCH3 is 1. The summed E-state index contributed by atoms with van der Waals surface area (Å²) < 4.78 is 10.9. The van der Waals surface area contributed by atoms with E-state index in [1.165, 1.54) is 25.5 Å². The molecular weight excluding hydrogens is 378 g/mol. The van der Waals surface area contributed by atoms with E-state index in [2.05, 4.69) is 17.5 Å². The second kappa shape index (κ2) is 10.6. The molecule has 154 valence electrons. The highest BCUT2D eigenvalue weighted by atomic mass is 16.6. The van der Waals surface area contributed by atoms with Crippen LogP contribution in [0.1, 0.15) is 42.1 Å². The van der Waals surface area contributed by atoms with E-state index in [1.807, 2.05) is 0 Å². The lowest BCUT2D eigenvalue weighted by molar-refractivity contribution is -0.386. The Morgan fingerprint density at radius 1 is 1.31 bits per heavy atom. The average molecular weight is 401 g/mol. The molecule has 0 aliphatic rings. The number of carbonyl (C=O) groups is 1. The molecule has 0 heterocycles. The second-order valence-corrected chi connectivity index (χ2v) is 6.10. The number of hydrogen-bond acceptors (Lipinski definition) is 7. The van der Waals surface area contributed by atoms with Crippen molar-refractivity contribution in [2.45, 2.75) is 26.2 Å². The molecule has 0 bridgehead atoms. The number of nitro groups is 1. The molecule has 9 nitrogen and oxygen atoms in total. The van der Waals surface area contributed by atoms with Crippen molar-refractivity contribution in [2.75, 3.05) is 19.1 Å². The molecule has 2 aromatic rings. The van der Waals surface area contributed by atoms with Gasteiger partial charge in [-0.2, -0.15) is 5.10 Å². The van der Waals surface area contributed by atoms with Crippen molar-refractivity contribution in [3.05, 3.63) is 57.6 Å². The summed E-state index contributed by atoms with van der Waals surface area (Å²) >= 11 is 0. The molecule has 0 saturated carbocycles. The first kappa shape index (κ1) is 21.7. The van der Waals surface area contributed by atoms with Crippen molar-refractivity contribution in [1.29, 1.82) is 0 Å². The summed E-state index contributed by atoms with van der Waals surface area (Å²) in [6, 6.07) is 9.17. The molecule has 0 atom stereocenters. The number of aromatic carboxylic acids is 1. The van der Waals surface area contributed by atoms with E-state index in [1.54, 1.807) is 24.3 Å². The van der Waals surface area contributed by atoms with Gasteiger partial charge in [0.2, 0.25) is 5.75 Å². The Labute approximate surface area is 168 Å². The lowest BCUT2D eigenvalue weighted by atomic mass is 10.1.